The summed E-state index contributed by atoms with van der Waals surface area (Å²) in [6, 6.07) is 9.45. The Bertz CT molecular complexity index is 886. The molecular weight excluding hydrogens is 399 g/mol. The van der Waals surface area contributed by atoms with E-state index >= 15 is 0 Å². The largest absolute Gasteiger partial charge is 0.480 e. The van der Waals surface area contributed by atoms with Crippen LogP contribution in [0.4, 0.5) is 0 Å². The number of esters is 1. The molecule has 0 amide bonds. The van der Waals surface area contributed by atoms with E-state index in [0.717, 1.165) is 0 Å². The van der Waals surface area contributed by atoms with E-state index in [1.165, 1.54) is 4.68 Å². The highest BCUT2D eigenvalue weighted by atomic mass is 31.2. The molecule has 0 saturated heterocycles. The van der Waals surface area contributed by atoms with Crippen LogP contribution in [0.1, 0.15) is 26.0 Å². The van der Waals surface area contributed by atoms with Crippen molar-refractivity contribution in [3.8, 4) is 11.6 Å². The molecule has 0 fully saturated rings. The van der Waals surface area contributed by atoms with Crippen LogP contribution in [0.3, 0.4) is 0 Å². The Morgan fingerprint density at radius 1 is 1.28 bits per heavy atom. The van der Waals surface area contributed by atoms with Gasteiger partial charge in [0.25, 0.3) is 0 Å². The van der Waals surface area contributed by atoms with E-state index in [1.807, 2.05) is 18.2 Å². The number of para-hydroxylation sites is 1. The van der Waals surface area contributed by atoms with Gasteiger partial charge in [0.05, 0.1) is 18.0 Å². The standard InChI is InChI=1S/C18H25N4O6P/c1-4-15(18(24)25)21-29(26,19-12-17(23)27-5-2)28-16-11-13(3)20-22(16)14-9-7-6-8-10-14/h6-11,15H,4-5,12H2,1-3H3,(H,24,25)(H2,19,21,26). The van der Waals surface area contributed by atoms with Crippen LogP contribution in [0.25, 0.3) is 5.69 Å². The molecule has 10 nitrogen and oxygen atoms in total. The Morgan fingerprint density at radius 2 is 1.97 bits per heavy atom. The first kappa shape index (κ1) is 22.6. The maximum atomic E-state index is 13.4. The van der Waals surface area contributed by atoms with Crippen molar-refractivity contribution < 1.29 is 28.5 Å². The van der Waals surface area contributed by atoms with E-state index in [2.05, 4.69) is 15.3 Å². The van der Waals surface area contributed by atoms with Gasteiger partial charge in [-0.25, -0.2) is 19.4 Å². The second kappa shape index (κ2) is 10.2. The Labute approximate surface area is 168 Å². The first-order valence-corrected chi connectivity index (χ1v) is 10.7. The summed E-state index contributed by atoms with van der Waals surface area (Å²) in [7, 11) is -4.02. The molecule has 1 aromatic heterocycles. The molecule has 0 bridgehead atoms. The number of carbonyl (C=O) groups is 2. The molecule has 3 N–H and O–H groups in total. The van der Waals surface area contributed by atoms with Gasteiger partial charge in [-0.05, 0) is 32.4 Å². The van der Waals surface area contributed by atoms with Crippen molar-refractivity contribution in [1.82, 2.24) is 20.0 Å². The van der Waals surface area contributed by atoms with Crippen molar-refractivity contribution in [2.45, 2.75) is 33.2 Å². The van der Waals surface area contributed by atoms with Crippen molar-refractivity contribution >= 4 is 19.6 Å². The van der Waals surface area contributed by atoms with E-state index in [4.69, 9.17) is 9.26 Å². The topological polar surface area (TPSA) is 132 Å². The van der Waals surface area contributed by atoms with Crippen LogP contribution >= 0.6 is 7.67 Å². The highest BCUT2D eigenvalue weighted by molar-refractivity contribution is 7.55. The summed E-state index contributed by atoms with van der Waals surface area (Å²) in [5.41, 5.74) is 1.27. The smallest absolute Gasteiger partial charge is 0.392 e. The highest BCUT2D eigenvalue weighted by Gasteiger charge is 2.33. The zero-order chi connectivity index (χ0) is 21.4. The lowest BCUT2D eigenvalue weighted by molar-refractivity contribution is -0.141. The van der Waals surface area contributed by atoms with E-state index in [0.29, 0.717) is 11.4 Å². The van der Waals surface area contributed by atoms with Gasteiger partial charge in [0.2, 0.25) is 5.88 Å². The SMILES string of the molecule is CCOC(=O)CNP(=O)(NC(CC)C(=O)O)Oc1cc(C)nn1-c1ccccc1. The molecular formula is C18H25N4O6P. The summed E-state index contributed by atoms with van der Waals surface area (Å²) in [6.45, 7) is 4.74. The molecule has 2 aromatic rings. The Kier molecular flexibility index (Phi) is 7.95. The van der Waals surface area contributed by atoms with E-state index in [9.17, 15) is 19.3 Å². The maximum absolute atomic E-state index is 13.4. The molecule has 1 aromatic carbocycles. The molecule has 11 heteroatoms. The molecule has 2 atom stereocenters. The predicted molar refractivity (Wildman–Crippen MR) is 106 cm³/mol. The average molecular weight is 424 g/mol. The van der Waals surface area contributed by atoms with Crippen molar-refractivity contribution in [3.05, 3.63) is 42.1 Å². The van der Waals surface area contributed by atoms with Crippen LogP contribution in [0.15, 0.2) is 36.4 Å². The normalized spacial score (nSPS) is 14.0. The Hall–Kier alpha value is -2.68. The first-order valence-electron chi connectivity index (χ1n) is 9.11. The number of rotatable bonds is 11. The molecule has 2 unspecified atom stereocenters. The molecule has 0 saturated carbocycles. The van der Waals surface area contributed by atoms with Crippen molar-refractivity contribution in [2.24, 2.45) is 0 Å². The molecule has 29 heavy (non-hydrogen) atoms. The fourth-order valence-electron chi connectivity index (χ4n) is 2.44. The lowest BCUT2D eigenvalue weighted by atomic mass is 10.2. The summed E-state index contributed by atoms with van der Waals surface area (Å²) in [4.78, 5) is 23.1. The number of carboxylic acid groups (broad SMARTS) is 1. The number of aliphatic carboxylic acids is 1. The number of nitrogens with zero attached hydrogens (tertiary/aromatic N) is 2. The van der Waals surface area contributed by atoms with E-state index in [-0.39, 0.29) is 18.9 Å². The third-order valence-electron chi connectivity index (χ3n) is 3.79. The number of nitrogens with one attached hydrogen (secondary N) is 2. The minimum Gasteiger partial charge on any atom is -0.480 e. The molecule has 0 radical (unpaired) electrons. The first-order chi connectivity index (χ1) is 13.8. The van der Waals surface area contributed by atoms with Gasteiger partial charge >= 0.3 is 19.6 Å². The van der Waals surface area contributed by atoms with Crippen LogP contribution in [0.2, 0.25) is 0 Å². The number of hydrogen-bond donors (Lipinski definition) is 3. The molecule has 1 heterocycles. The van der Waals surface area contributed by atoms with E-state index < -0.39 is 32.2 Å². The van der Waals surface area contributed by atoms with Crippen LogP contribution < -0.4 is 14.7 Å². The summed E-state index contributed by atoms with van der Waals surface area (Å²) in [5, 5.41) is 18.6. The van der Waals surface area contributed by atoms with Crippen LogP contribution in [0, 0.1) is 6.92 Å². The zero-order valence-corrected chi connectivity index (χ0v) is 17.4. The van der Waals surface area contributed by atoms with Gasteiger partial charge < -0.3 is 14.4 Å². The number of carboxylic acids is 1. The second-order valence-electron chi connectivity index (χ2n) is 6.08. The number of hydrogen-bond acceptors (Lipinski definition) is 6. The van der Waals surface area contributed by atoms with Gasteiger partial charge in [-0.1, -0.05) is 25.1 Å². The lowest BCUT2D eigenvalue weighted by Gasteiger charge is -2.24. The summed E-state index contributed by atoms with van der Waals surface area (Å²) < 4.78 is 25.3. The summed E-state index contributed by atoms with van der Waals surface area (Å²) >= 11 is 0. The molecule has 0 aliphatic rings. The van der Waals surface area contributed by atoms with Gasteiger partial charge in [-0.2, -0.15) is 5.10 Å². The van der Waals surface area contributed by atoms with Gasteiger partial charge in [-0.15, -0.1) is 0 Å². The molecule has 0 spiro atoms. The Balaban J connectivity index is 2.33. The molecule has 0 aliphatic carbocycles. The van der Waals surface area contributed by atoms with Gasteiger partial charge in [0.1, 0.15) is 12.6 Å². The van der Waals surface area contributed by atoms with Crippen molar-refractivity contribution in [3.63, 3.8) is 0 Å². The second-order valence-corrected chi connectivity index (χ2v) is 7.94. The quantitative estimate of drug-likeness (QED) is 0.367. The third-order valence-corrected chi connectivity index (χ3v) is 5.46. The minimum absolute atomic E-state index is 0.126. The third kappa shape index (κ3) is 6.42. The highest BCUT2D eigenvalue weighted by Crippen LogP contribution is 2.40. The fourth-order valence-corrected chi connectivity index (χ4v) is 4.08. The van der Waals surface area contributed by atoms with E-state index in [1.54, 1.807) is 39.0 Å². The van der Waals surface area contributed by atoms with Gasteiger partial charge in [-0.3, -0.25) is 9.59 Å². The summed E-state index contributed by atoms with van der Waals surface area (Å²) in [5.74, 6) is -1.71. The van der Waals surface area contributed by atoms with Crippen LogP contribution in [-0.4, -0.2) is 46.0 Å². The fraction of sp³-hybridized carbons (Fsp3) is 0.389. The lowest BCUT2D eigenvalue weighted by Crippen LogP contribution is -2.40. The predicted octanol–water partition coefficient (Wildman–Crippen LogP) is 2.27. The number of benzene rings is 1. The molecule has 2 rings (SSSR count). The van der Waals surface area contributed by atoms with Crippen LogP contribution in [-0.2, 0) is 18.9 Å². The minimum atomic E-state index is -4.02. The zero-order valence-electron chi connectivity index (χ0n) is 16.5. The van der Waals surface area contributed by atoms with Gasteiger partial charge in [0.15, 0.2) is 0 Å². The number of ether oxygens (including phenoxy) is 1. The molecule has 0 aliphatic heterocycles. The Morgan fingerprint density at radius 3 is 2.55 bits per heavy atom. The van der Waals surface area contributed by atoms with Crippen molar-refractivity contribution in [2.75, 3.05) is 13.2 Å². The molecule has 158 valence electrons. The number of aryl methyl sites for hydroxylation is 1. The number of aromatic nitrogens is 2. The van der Waals surface area contributed by atoms with Crippen LogP contribution in [0.5, 0.6) is 5.88 Å². The number of carbonyl (C=O) groups excluding carboxylic acids is 1. The summed E-state index contributed by atoms with van der Waals surface area (Å²) in [6.07, 6.45) is 0.154. The average Bonchev–Trinajstić information content (AvgIpc) is 3.05. The van der Waals surface area contributed by atoms with Gasteiger partial charge in [0, 0.05) is 6.07 Å². The maximum Gasteiger partial charge on any atom is 0.392 e. The monoisotopic (exact) mass is 424 g/mol. The van der Waals surface area contributed by atoms with Crippen molar-refractivity contribution in [1.29, 1.82) is 0 Å².